The first kappa shape index (κ1) is 20.2. The van der Waals surface area contributed by atoms with Crippen LogP contribution in [0.25, 0.3) is 0 Å². The molecule has 5 rings (SSSR count). The van der Waals surface area contributed by atoms with Crippen LogP contribution in [0.3, 0.4) is 0 Å². The van der Waals surface area contributed by atoms with Gasteiger partial charge in [-0.1, -0.05) is 50.3 Å². The number of carbonyl (C=O) groups excluding carboxylic acids is 1. The van der Waals surface area contributed by atoms with E-state index >= 15 is 0 Å². The summed E-state index contributed by atoms with van der Waals surface area (Å²) < 4.78 is 11.4. The van der Waals surface area contributed by atoms with Crippen molar-refractivity contribution in [1.29, 1.82) is 0 Å². The Hall–Kier alpha value is -3.08. The van der Waals surface area contributed by atoms with Crippen LogP contribution in [0, 0.1) is 17.3 Å². The third-order valence-electron chi connectivity index (χ3n) is 6.38. The molecule has 0 spiro atoms. The van der Waals surface area contributed by atoms with E-state index in [-0.39, 0.29) is 5.91 Å². The van der Waals surface area contributed by atoms with Crippen molar-refractivity contribution in [2.24, 2.45) is 22.4 Å². The van der Waals surface area contributed by atoms with E-state index in [1.54, 1.807) is 18.3 Å². The number of hydrazone groups is 1. The summed E-state index contributed by atoms with van der Waals surface area (Å²) in [5, 5.41) is 4.22. The Morgan fingerprint density at radius 2 is 1.83 bits per heavy atom. The van der Waals surface area contributed by atoms with Gasteiger partial charge in [0.15, 0.2) is 0 Å². The minimum atomic E-state index is -0.284. The molecule has 0 aliphatic heterocycles. The number of ether oxygens (including phenoxy) is 2. The van der Waals surface area contributed by atoms with Gasteiger partial charge in [-0.3, -0.25) is 4.79 Å². The van der Waals surface area contributed by atoms with Gasteiger partial charge in [-0.2, -0.15) is 5.10 Å². The molecule has 2 aromatic rings. The topological polar surface area (TPSA) is 59.9 Å². The van der Waals surface area contributed by atoms with E-state index in [0.29, 0.717) is 35.9 Å². The van der Waals surface area contributed by atoms with E-state index in [9.17, 15) is 4.79 Å². The van der Waals surface area contributed by atoms with Crippen LogP contribution in [0.1, 0.15) is 37.0 Å². The van der Waals surface area contributed by atoms with Gasteiger partial charge in [0, 0.05) is 0 Å². The van der Waals surface area contributed by atoms with Crippen LogP contribution >= 0.6 is 0 Å². The van der Waals surface area contributed by atoms with Crippen molar-refractivity contribution in [1.82, 2.24) is 5.43 Å². The molecule has 0 aromatic heterocycles. The van der Waals surface area contributed by atoms with E-state index in [4.69, 9.17) is 9.47 Å². The van der Waals surface area contributed by atoms with Crippen molar-refractivity contribution in [3.63, 3.8) is 0 Å². The highest BCUT2D eigenvalue weighted by Crippen LogP contribution is 2.58. The fraction of sp³-hybridized carbons (Fsp3) is 0.360. The van der Waals surface area contributed by atoms with Gasteiger partial charge in [0.05, 0.1) is 11.8 Å². The highest BCUT2D eigenvalue weighted by molar-refractivity contribution is 5.97. The Bertz CT molecular complexity index is 950. The summed E-state index contributed by atoms with van der Waals surface area (Å²) in [5.74, 6) is 2.34. The van der Waals surface area contributed by atoms with Crippen LogP contribution in [0.15, 0.2) is 71.3 Å². The van der Waals surface area contributed by atoms with E-state index in [1.165, 1.54) is 12.0 Å². The van der Waals surface area contributed by atoms with Gasteiger partial charge in [-0.05, 0) is 59.9 Å². The van der Waals surface area contributed by atoms with Gasteiger partial charge in [-0.25, -0.2) is 5.43 Å². The average Bonchev–Trinajstić information content (AvgIpc) is 2.77. The highest BCUT2D eigenvalue weighted by Gasteiger charge is 2.50. The normalized spacial score (nSPS) is 21.5. The maximum absolute atomic E-state index is 12.6. The Morgan fingerprint density at radius 3 is 2.60 bits per heavy atom. The van der Waals surface area contributed by atoms with E-state index in [1.807, 2.05) is 42.5 Å². The van der Waals surface area contributed by atoms with Crippen molar-refractivity contribution < 1.29 is 14.3 Å². The molecule has 156 valence electrons. The summed E-state index contributed by atoms with van der Waals surface area (Å²) in [6, 6.07) is 16.7. The molecule has 2 aromatic carbocycles. The molecular formula is C25H28N2O3. The summed E-state index contributed by atoms with van der Waals surface area (Å²) in [6.45, 7) is 5.37. The second-order valence-electron chi connectivity index (χ2n) is 8.45. The highest BCUT2D eigenvalue weighted by atomic mass is 16.5. The Balaban J connectivity index is 1.30. The lowest BCUT2D eigenvalue weighted by Crippen LogP contribution is -2.48. The Kier molecular flexibility index (Phi) is 5.88. The predicted molar refractivity (Wildman–Crippen MR) is 118 cm³/mol. The molecule has 2 bridgehead atoms. The monoisotopic (exact) mass is 404 g/mol. The van der Waals surface area contributed by atoms with Crippen LogP contribution in [0.4, 0.5) is 0 Å². The first-order valence-electron chi connectivity index (χ1n) is 10.5. The molecule has 3 aliphatic rings. The molecule has 2 unspecified atom stereocenters. The fourth-order valence-electron chi connectivity index (χ4n) is 4.38. The maximum Gasteiger partial charge on any atom is 0.275 e. The molecule has 5 heteroatoms. The van der Waals surface area contributed by atoms with Crippen molar-refractivity contribution in [3.8, 4) is 11.5 Å². The molecule has 30 heavy (non-hydrogen) atoms. The summed E-state index contributed by atoms with van der Waals surface area (Å²) in [6.07, 6.45) is 6.38. The second kappa shape index (κ2) is 8.74. The van der Waals surface area contributed by atoms with Crippen molar-refractivity contribution in [2.45, 2.75) is 26.7 Å². The molecule has 0 radical (unpaired) electrons. The molecule has 0 saturated heterocycles. The summed E-state index contributed by atoms with van der Waals surface area (Å²) in [7, 11) is 0. The lowest BCUT2D eigenvalue weighted by atomic mass is 9.49. The molecule has 1 saturated carbocycles. The number of fused-ring (bicyclic) bond motifs is 1. The van der Waals surface area contributed by atoms with Crippen molar-refractivity contribution in [2.75, 3.05) is 13.2 Å². The van der Waals surface area contributed by atoms with Gasteiger partial charge in [0.1, 0.15) is 24.7 Å². The number of benzene rings is 2. The number of hydrogen-bond acceptors (Lipinski definition) is 4. The van der Waals surface area contributed by atoms with Crippen LogP contribution < -0.4 is 14.9 Å². The Labute approximate surface area is 177 Å². The van der Waals surface area contributed by atoms with E-state index in [2.05, 4.69) is 30.5 Å². The van der Waals surface area contributed by atoms with Gasteiger partial charge < -0.3 is 9.47 Å². The zero-order chi connectivity index (χ0) is 21.0. The van der Waals surface area contributed by atoms with E-state index in [0.717, 1.165) is 18.1 Å². The van der Waals surface area contributed by atoms with Crippen LogP contribution in [-0.4, -0.2) is 25.3 Å². The smallest absolute Gasteiger partial charge is 0.275 e. The van der Waals surface area contributed by atoms with Crippen LogP contribution in [0.5, 0.6) is 11.5 Å². The number of allylic oxidation sites excluding steroid dienone is 2. The van der Waals surface area contributed by atoms with Gasteiger partial charge in [0.2, 0.25) is 0 Å². The van der Waals surface area contributed by atoms with Crippen LogP contribution in [-0.2, 0) is 0 Å². The number of para-hydroxylation sites is 2. The molecule has 0 heterocycles. The molecule has 2 atom stereocenters. The van der Waals surface area contributed by atoms with Gasteiger partial charge in [-0.15, -0.1) is 0 Å². The zero-order valence-corrected chi connectivity index (χ0v) is 17.5. The van der Waals surface area contributed by atoms with Gasteiger partial charge >= 0.3 is 0 Å². The minimum Gasteiger partial charge on any atom is -0.490 e. The third kappa shape index (κ3) is 4.25. The fourth-order valence-corrected chi connectivity index (χ4v) is 4.38. The predicted octanol–water partition coefficient (Wildman–Crippen LogP) is 4.85. The molecule has 1 fully saturated rings. The number of nitrogens with zero attached hydrogens (tertiary/aromatic N) is 1. The number of carbonyl (C=O) groups is 1. The third-order valence-corrected chi connectivity index (χ3v) is 6.38. The first-order valence-corrected chi connectivity index (χ1v) is 10.5. The summed E-state index contributed by atoms with van der Waals surface area (Å²) in [4.78, 5) is 12.6. The molecular weight excluding hydrogens is 376 g/mol. The molecule has 3 aliphatic carbocycles. The van der Waals surface area contributed by atoms with Gasteiger partial charge in [0.25, 0.3) is 5.91 Å². The van der Waals surface area contributed by atoms with Crippen molar-refractivity contribution in [3.05, 3.63) is 71.8 Å². The van der Waals surface area contributed by atoms with E-state index < -0.39 is 0 Å². The standard InChI is InChI=1S/C25H28N2O3/c1-25(2)19-13-12-18(22(25)16-19)17-26-27-24(28)21-10-6-7-11-23(21)30-15-14-29-20-8-4-3-5-9-20/h3-12,17,19,22H,13-16H2,1-2H3,(H,27,28)/b26-17+. The lowest BCUT2D eigenvalue weighted by Gasteiger charge is -2.55. The number of nitrogens with one attached hydrogen (secondary N) is 1. The number of amides is 1. The second-order valence-corrected chi connectivity index (χ2v) is 8.45. The largest absolute Gasteiger partial charge is 0.490 e. The minimum absolute atomic E-state index is 0.284. The molecule has 5 nitrogen and oxygen atoms in total. The zero-order valence-electron chi connectivity index (χ0n) is 17.5. The van der Waals surface area contributed by atoms with Crippen LogP contribution in [0.2, 0.25) is 0 Å². The maximum atomic E-state index is 12.6. The summed E-state index contributed by atoms with van der Waals surface area (Å²) in [5.41, 5.74) is 4.66. The Morgan fingerprint density at radius 1 is 1.10 bits per heavy atom. The first-order chi connectivity index (χ1) is 14.6. The number of hydrogen-bond donors (Lipinski definition) is 1. The quantitative estimate of drug-likeness (QED) is 0.389. The SMILES string of the molecule is CC1(C)C2CC=C(/C=N/NC(=O)c3ccccc3OCCOc3ccccc3)C1C2. The average molecular weight is 405 g/mol. The summed E-state index contributed by atoms with van der Waals surface area (Å²) >= 11 is 0. The molecule has 1 N–H and O–H groups in total. The van der Waals surface area contributed by atoms with Crippen molar-refractivity contribution >= 4 is 12.1 Å². The molecule has 1 amide bonds. The number of rotatable bonds is 8. The lowest BCUT2D eigenvalue weighted by molar-refractivity contribution is -0.00126.